The smallest absolute Gasteiger partial charge is 0.227 e. The van der Waals surface area contributed by atoms with Gasteiger partial charge < -0.3 is 9.42 Å². The van der Waals surface area contributed by atoms with Gasteiger partial charge in [0.25, 0.3) is 0 Å². The van der Waals surface area contributed by atoms with Gasteiger partial charge in [0.2, 0.25) is 5.91 Å². The molecule has 2 aromatic carbocycles. The van der Waals surface area contributed by atoms with E-state index in [4.69, 9.17) is 16.1 Å². The van der Waals surface area contributed by atoms with Gasteiger partial charge in [0.15, 0.2) is 5.76 Å². The van der Waals surface area contributed by atoms with Crippen LogP contribution in [0.2, 0.25) is 5.02 Å². The summed E-state index contributed by atoms with van der Waals surface area (Å²) in [6.45, 7) is 1.20. The van der Waals surface area contributed by atoms with Crippen LogP contribution < -0.4 is 0 Å². The first-order valence-corrected chi connectivity index (χ1v) is 8.63. The third-order valence-corrected chi connectivity index (χ3v) is 4.75. The van der Waals surface area contributed by atoms with Crippen molar-refractivity contribution < 1.29 is 9.32 Å². The summed E-state index contributed by atoms with van der Waals surface area (Å²) in [7, 11) is 0. The SMILES string of the molecule is O=C(Cc1ccccc1)N1CCc2noc(-c3ccc(Cl)cc3)c2C1. The highest BCUT2D eigenvalue weighted by Gasteiger charge is 2.27. The van der Waals surface area contributed by atoms with Crippen molar-refractivity contribution in [2.24, 2.45) is 0 Å². The van der Waals surface area contributed by atoms with Gasteiger partial charge >= 0.3 is 0 Å². The lowest BCUT2D eigenvalue weighted by atomic mass is 10.0. The van der Waals surface area contributed by atoms with E-state index in [9.17, 15) is 4.79 Å². The molecule has 0 atom stereocenters. The Morgan fingerprint density at radius 3 is 2.64 bits per heavy atom. The highest BCUT2D eigenvalue weighted by Crippen LogP contribution is 2.31. The Bertz CT molecular complexity index is 888. The Kier molecular flexibility index (Phi) is 4.28. The maximum absolute atomic E-state index is 12.6. The Labute approximate surface area is 151 Å². The summed E-state index contributed by atoms with van der Waals surface area (Å²) in [6, 6.07) is 17.3. The van der Waals surface area contributed by atoms with Crippen LogP contribution in [0.25, 0.3) is 11.3 Å². The van der Waals surface area contributed by atoms with Gasteiger partial charge in [-0.3, -0.25) is 4.79 Å². The predicted molar refractivity (Wildman–Crippen MR) is 96.2 cm³/mol. The van der Waals surface area contributed by atoms with Crippen molar-refractivity contribution in [2.75, 3.05) is 6.54 Å². The molecule has 2 heterocycles. The van der Waals surface area contributed by atoms with Gasteiger partial charge in [-0.2, -0.15) is 0 Å². The molecule has 1 aliphatic rings. The van der Waals surface area contributed by atoms with Gasteiger partial charge in [0.05, 0.1) is 18.7 Å². The summed E-state index contributed by atoms with van der Waals surface area (Å²) >= 11 is 5.96. The van der Waals surface area contributed by atoms with Gasteiger partial charge in [0.1, 0.15) is 0 Å². The molecule has 0 aliphatic carbocycles. The lowest BCUT2D eigenvalue weighted by Gasteiger charge is -2.26. The molecule has 3 aromatic rings. The number of halogens is 1. The zero-order chi connectivity index (χ0) is 17.2. The van der Waals surface area contributed by atoms with E-state index in [2.05, 4.69) is 5.16 Å². The minimum absolute atomic E-state index is 0.125. The first-order chi connectivity index (χ1) is 12.2. The molecule has 0 bridgehead atoms. The highest BCUT2D eigenvalue weighted by atomic mass is 35.5. The van der Waals surface area contributed by atoms with Crippen molar-refractivity contribution in [3.05, 3.63) is 76.4 Å². The Balaban J connectivity index is 1.55. The molecule has 5 heteroatoms. The zero-order valence-electron chi connectivity index (χ0n) is 13.6. The molecule has 1 amide bonds. The van der Waals surface area contributed by atoms with Crippen LogP contribution in [0.3, 0.4) is 0 Å². The second-order valence-electron chi connectivity index (χ2n) is 6.17. The molecule has 1 aromatic heterocycles. The predicted octanol–water partition coefficient (Wildman–Crippen LogP) is 4.12. The highest BCUT2D eigenvalue weighted by molar-refractivity contribution is 6.30. The van der Waals surface area contributed by atoms with Crippen molar-refractivity contribution in [1.82, 2.24) is 10.1 Å². The monoisotopic (exact) mass is 352 g/mol. The van der Waals surface area contributed by atoms with E-state index in [0.717, 1.165) is 28.1 Å². The quantitative estimate of drug-likeness (QED) is 0.712. The van der Waals surface area contributed by atoms with Gasteiger partial charge in [0, 0.05) is 29.1 Å². The molecule has 0 radical (unpaired) electrons. The largest absolute Gasteiger partial charge is 0.356 e. The van der Waals surface area contributed by atoms with E-state index < -0.39 is 0 Å². The van der Waals surface area contributed by atoms with Crippen molar-refractivity contribution >= 4 is 17.5 Å². The topological polar surface area (TPSA) is 46.3 Å². The summed E-state index contributed by atoms with van der Waals surface area (Å²) in [5.41, 5.74) is 3.89. The molecule has 25 heavy (non-hydrogen) atoms. The van der Waals surface area contributed by atoms with Crippen LogP contribution in [0, 0.1) is 0 Å². The fraction of sp³-hybridized carbons (Fsp3) is 0.200. The number of fused-ring (bicyclic) bond motifs is 1. The van der Waals surface area contributed by atoms with Crippen LogP contribution in [0.5, 0.6) is 0 Å². The third-order valence-electron chi connectivity index (χ3n) is 4.49. The number of hydrogen-bond donors (Lipinski definition) is 0. The molecule has 0 N–H and O–H groups in total. The van der Waals surface area contributed by atoms with Gasteiger partial charge in [-0.25, -0.2) is 0 Å². The van der Waals surface area contributed by atoms with E-state index in [1.807, 2.05) is 59.5 Å². The van der Waals surface area contributed by atoms with Gasteiger partial charge in [-0.1, -0.05) is 47.1 Å². The molecule has 0 saturated heterocycles. The molecule has 1 aliphatic heterocycles. The van der Waals surface area contributed by atoms with E-state index >= 15 is 0 Å². The zero-order valence-corrected chi connectivity index (χ0v) is 14.4. The van der Waals surface area contributed by atoms with E-state index in [-0.39, 0.29) is 5.91 Å². The fourth-order valence-corrected chi connectivity index (χ4v) is 3.26. The minimum atomic E-state index is 0.125. The van der Waals surface area contributed by atoms with E-state index in [1.54, 1.807) is 0 Å². The average Bonchev–Trinajstić information content (AvgIpc) is 3.06. The Hall–Kier alpha value is -2.59. The first kappa shape index (κ1) is 15.9. The van der Waals surface area contributed by atoms with E-state index in [1.165, 1.54) is 0 Å². The van der Waals surface area contributed by atoms with Crippen LogP contribution >= 0.6 is 11.6 Å². The number of benzene rings is 2. The molecule has 4 nitrogen and oxygen atoms in total. The van der Waals surface area contributed by atoms with Crippen molar-refractivity contribution in [1.29, 1.82) is 0 Å². The number of carbonyl (C=O) groups excluding carboxylic acids is 1. The van der Waals surface area contributed by atoms with Crippen molar-refractivity contribution in [3.8, 4) is 11.3 Å². The molecule has 0 fully saturated rings. The van der Waals surface area contributed by atoms with Gasteiger partial charge in [-0.05, 0) is 29.8 Å². The van der Waals surface area contributed by atoms with Crippen LogP contribution in [-0.4, -0.2) is 22.5 Å². The summed E-state index contributed by atoms with van der Waals surface area (Å²) < 4.78 is 5.56. The van der Waals surface area contributed by atoms with E-state index in [0.29, 0.717) is 31.0 Å². The lowest BCUT2D eigenvalue weighted by Crippen LogP contribution is -2.36. The summed E-state index contributed by atoms with van der Waals surface area (Å²) in [6.07, 6.45) is 1.13. The number of aromatic nitrogens is 1. The molecule has 0 spiro atoms. The number of amides is 1. The number of rotatable bonds is 3. The normalized spacial score (nSPS) is 13.6. The summed E-state index contributed by atoms with van der Waals surface area (Å²) in [4.78, 5) is 14.5. The third kappa shape index (κ3) is 3.30. The molecule has 0 unspecified atom stereocenters. The van der Waals surface area contributed by atoms with Crippen molar-refractivity contribution in [2.45, 2.75) is 19.4 Å². The minimum Gasteiger partial charge on any atom is -0.356 e. The van der Waals surface area contributed by atoms with Gasteiger partial charge in [-0.15, -0.1) is 0 Å². The maximum Gasteiger partial charge on any atom is 0.227 e. The van der Waals surface area contributed by atoms with Crippen LogP contribution in [0.1, 0.15) is 16.8 Å². The summed E-state index contributed by atoms with van der Waals surface area (Å²) in [5, 5.41) is 4.86. The number of hydrogen-bond acceptors (Lipinski definition) is 3. The number of carbonyl (C=O) groups is 1. The lowest BCUT2D eigenvalue weighted by molar-refractivity contribution is -0.131. The Morgan fingerprint density at radius 2 is 1.88 bits per heavy atom. The first-order valence-electron chi connectivity index (χ1n) is 8.26. The second-order valence-corrected chi connectivity index (χ2v) is 6.61. The van der Waals surface area contributed by atoms with Crippen LogP contribution in [0.15, 0.2) is 59.1 Å². The molecular weight excluding hydrogens is 336 g/mol. The van der Waals surface area contributed by atoms with Crippen LogP contribution in [0.4, 0.5) is 0 Å². The average molecular weight is 353 g/mol. The summed E-state index contributed by atoms with van der Waals surface area (Å²) in [5.74, 6) is 0.851. The molecular formula is C20H17ClN2O2. The standard InChI is InChI=1S/C20H17ClN2O2/c21-16-8-6-15(7-9-16)20-17-13-23(11-10-18(17)22-25-20)19(24)12-14-4-2-1-3-5-14/h1-9H,10-13H2. The maximum atomic E-state index is 12.6. The fourth-order valence-electron chi connectivity index (χ4n) is 3.14. The van der Waals surface area contributed by atoms with Crippen LogP contribution in [-0.2, 0) is 24.2 Å². The molecule has 4 rings (SSSR count). The second kappa shape index (κ2) is 6.73. The molecule has 0 saturated carbocycles. The molecule has 126 valence electrons. The van der Waals surface area contributed by atoms with Crippen molar-refractivity contribution in [3.63, 3.8) is 0 Å². The Morgan fingerprint density at radius 1 is 1.12 bits per heavy atom. The number of nitrogens with zero attached hydrogens (tertiary/aromatic N) is 2.